The number of nitro groups is 1. The predicted octanol–water partition coefficient (Wildman–Crippen LogP) is 3.11. The lowest BCUT2D eigenvalue weighted by Crippen LogP contribution is -2.12. The normalized spacial score (nSPS) is 10.5. The van der Waals surface area contributed by atoms with Crippen molar-refractivity contribution in [2.75, 3.05) is 6.61 Å². The van der Waals surface area contributed by atoms with Crippen LogP contribution in [0.4, 0.5) is 5.69 Å². The molecule has 1 rings (SSSR count). The van der Waals surface area contributed by atoms with Gasteiger partial charge >= 0.3 is 5.97 Å². The third-order valence-corrected chi connectivity index (χ3v) is 3.03. The monoisotopic (exact) mass is 267 g/mol. The molecule has 0 aliphatic heterocycles. The maximum Gasteiger partial charge on any atom is 0.339 e. The highest BCUT2D eigenvalue weighted by Crippen LogP contribution is 2.25. The molecule has 6 heteroatoms. The second kappa shape index (κ2) is 6.72. The Balaban J connectivity index is 2.94. The average Bonchev–Trinajstić information content (AvgIpc) is 2.39. The summed E-state index contributed by atoms with van der Waals surface area (Å²) >= 11 is 0. The zero-order valence-corrected chi connectivity index (χ0v) is 11.0. The van der Waals surface area contributed by atoms with Crippen molar-refractivity contribution in [1.29, 1.82) is 0 Å². The minimum atomic E-state index is -1.23. The highest BCUT2D eigenvalue weighted by Gasteiger charge is 2.17. The zero-order valence-electron chi connectivity index (χ0n) is 11.0. The standard InChI is InChI=1S/C13H17NO5/c1-3-9(4-2)8-19-12-6-5-10(14(17)18)7-11(12)13(15)16/h5-7,9H,3-4,8H2,1-2H3,(H,15,16). The van der Waals surface area contributed by atoms with Crippen LogP contribution in [0.3, 0.4) is 0 Å². The number of benzene rings is 1. The molecule has 1 N–H and O–H groups in total. The van der Waals surface area contributed by atoms with E-state index in [0.717, 1.165) is 18.9 Å². The van der Waals surface area contributed by atoms with Gasteiger partial charge in [-0.05, 0) is 12.0 Å². The van der Waals surface area contributed by atoms with E-state index >= 15 is 0 Å². The molecule has 0 spiro atoms. The van der Waals surface area contributed by atoms with Gasteiger partial charge in [-0.25, -0.2) is 4.79 Å². The molecule has 0 radical (unpaired) electrons. The second-order valence-corrected chi connectivity index (χ2v) is 4.24. The van der Waals surface area contributed by atoms with E-state index in [1.165, 1.54) is 12.1 Å². The summed E-state index contributed by atoms with van der Waals surface area (Å²) in [6.07, 6.45) is 1.87. The number of carboxylic acid groups (broad SMARTS) is 1. The quantitative estimate of drug-likeness (QED) is 0.605. The zero-order chi connectivity index (χ0) is 14.4. The SMILES string of the molecule is CCC(CC)COc1ccc([N+](=O)[O-])cc1C(=O)O. The van der Waals surface area contributed by atoms with Crippen LogP contribution in [0, 0.1) is 16.0 Å². The van der Waals surface area contributed by atoms with Gasteiger partial charge in [0.25, 0.3) is 5.69 Å². The van der Waals surface area contributed by atoms with E-state index in [1.54, 1.807) is 0 Å². The minimum absolute atomic E-state index is 0.171. The Labute approximate surface area is 111 Å². The number of carbonyl (C=O) groups is 1. The van der Waals surface area contributed by atoms with Gasteiger partial charge in [0, 0.05) is 12.1 Å². The Bertz CT molecular complexity index is 468. The molecule has 19 heavy (non-hydrogen) atoms. The fraction of sp³-hybridized carbons (Fsp3) is 0.462. The molecule has 0 saturated heterocycles. The molecule has 0 saturated carbocycles. The topological polar surface area (TPSA) is 89.7 Å². The molecular weight excluding hydrogens is 250 g/mol. The lowest BCUT2D eigenvalue weighted by atomic mass is 10.1. The van der Waals surface area contributed by atoms with Crippen molar-refractivity contribution >= 4 is 11.7 Å². The molecule has 0 heterocycles. The number of hydrogen-bond donors (Lipinski definition) is 1. The number of carboxylic acids is 1. The number of aromatic carboxylic acids is 1. The summed E-state index contributed by atoms with van der Waals surface area (Å²) in [6, 6.07) is 3.60. The van der Waals surface area contributed by atoms with Crippen molar-refractivity contribution in [3.63, 3.8) is 0 Å². The van der Waals surface area contributed by atoms with Gasteiger partial charge in [-0.15, -0.1) is 0 Å². The van der Waals surface area contributed by atoms with Crippen LogP contribution < -0.4 is 4.74 Å². The van der Waals surface area contributed by atoms with Crippen LogP contribution in [-0.4, -0.2) is 22.6 Å². The summed E-state index contributed by atoms with van der Waals surface area (Å²) < 4.78 is 5.47. The third kappa shape index (κ3) is 3.94. The summed E-state index contributed by atoms with van der Waals surface area (Å²) in [5, 5.41) is 19.7. The molecule has 0 aliphatic rings. The molecule has 6 nitrogen and oxygen atoms in total. The van der Waals surface area contributed by atoms with Crippen molar-refractivity contribution in [3.8, 4) is 5.75 Å². The van der Waals surface area contributed by atoms with Crippen molar-refractivity contribution in [3.05, 3.63) is 33.9 Å². The molecule has 0 amide bonds. The van der Waals surface area contributed by atoms with Gasteiger partial charge in [-0.1, -0.05) is 26.7 Å². The van der Waals surface area contributed by atoms with Crippen LogP contribution >= 0.6 is 0 Å². The first-order valence-corrected chi connectivity index (χ1v) is 6.14. The summed E-state index contributed by atoms with van der Waals surface area (Å²) in [5.74, 6) is -0.718. The molecule has 1 aromatic carbocycles. The van der Waals surface area contributed by atoms with E-state index in [1.807, 2.05) is 13.8 Å². The average molecular weight is 267 g/mol. The number of rotatable bonds is 7. The van der Waals surface area contributed by atoms with Crippen LogP contribution in [0.2, 0.25) is 0 Å². The Morgan fingerprint density at radius 3 is 2.53 bits per heavy atom. The van der Waals surface area contributed by atoms with Crippen molar-refractivity contribution in [2.24, 2.45) is 5.92 Å². The van der Waals surface area contributed by atoms with Gasteiger partial charge in [-0.2, -0.15) is 0 Å². The molecule has 104 valence electrons. The molecular formula is C13H17NO5. The van der Waals surface area contributed by atoms with Crippen molar-refractivity contribution in [2.45, 2.75) is 26.7 Å². The Morgan fingerprint density at radius 1 is 1.42 bits per heavy atom. The van der Waals surface area contributed by atoms with Gasteiger partial charge in [-0.3, -0.25) is 10.1 Å². The van der Waals surface area contributed by atoms with E-state index in [4.69, 9.17) is 9.84 Å². The molecule has 0 unspecified atom stereocenters. The minimum Gasteiger partial charge on any atom is -0.492 e. The summed E-state index contributed by atoms with van der Waals surface area (Å²) in [6.45, 7) is 4.47. The number of non-ortho nitro benzene ring substituents is 1. The van der Waals surface area contributed by atoms with Gasteiger partial charge in [0.1, 0.15) is 11.3 Å². The first kappa shape index (κ1) is 14.9. The third-order valence-electron chi connectivity index (χ3n) is 3.03. The van der Waals surface area contributed by atoms with E-state index in [0.29, 0.717) is 12.5 Å². The van der Waals surface area contributed by atoms with E-state index < -0.39 is 10.9 Å². The number of hydrogen-bond acceptors (Lipinski definition) is 4. The van der Waals surface area contributed by atoms with Gasteiger partial charge < -0.3 is 9.84 Å². The number of nitrogens with zero attached hydrogens (tertiary/aromatic N) is 1. The van der Waals surface area contributed by atoms with Gasteiger partial charge in [0.2, 0.25) is 0 Å². The van der Waals surface area contributed by atoms with Crippen LogP contribution in [0.25, 0.3) is 0 Å². The fourth-order valence-electron chi connectivity index (χ4n) is 1.66. The lowest BCUT2D eigenvalue weighted by Gasteiger charge is -2.14. The van der Waals surface area contributed by atoms with Crippen LogP contribution in [0.5, 0.6) is 5.75 Å². The van der Waals surface area contributed by atoms with Gasteiger partial charge in [0.05, 0.1) is 11.5 Å². The summed E-state index contributed by atoms with van der Waals surface area (Å²) in [4.78, 5) is 21.1. The first-order valence-electron chi connectivity index (χ1n) is 6.14. The lowest BCUT2D eigenvalue weighted by molar-refractivity contribution is -0.384. The first-order chi connectivity index (χ1) is 8.99. The van der Waals surface area contributed by atoms with E-state index in [9.17, 15) is 14.9 Å². The summed E-state index contributed by atoms with van der Waals surface area (Å²) in [7, 11) is 0. The van der Waals surface area contributed by atoms with Crippen LogP contribution in [0.15, 0.2) is 18.2 Å². The maximum atomic E-state index is 11.1. The smallest absolute Gasteiger partial charge is 0.339 e. The largest absolute Gasteiger partial charge is 0.492 e. The molecule has 0 aromatic heterocycles. The van der Waals surface area contributed by atoms with Crippen molar-refractivity contribution in [1.82, 2.24) is 0 Å². The van der Waals surface area contributed by atoms with Gasteiger partial charge in [0.15, 0.2) is 0 Å². The Hall–Kier alpha value is -2.11. The van der Waals surface area contributed by atoms with Crippen LogP contribution in [-0.2, 0) is 0 Å². The van der Waals surface area contributed by atoms with Crippen LogP contribution in [0.1, 0.15) is 37.0 Å². The molecule has 1 aromatic rings. The predicted molar refractivity (Wildman–Crippen MR) is 69.6 cm³/mol. The second-order valence-electron chi connectivity index (χ2n) is 4.24. The summed E-state index contributed by atoms with van der Waals surface area (Å²) in [5.41, 5.74) is -0.438. The fourth-order valence-corrected chi connectivity index (χ4v) is 1.66. The number of nitro benzene ring substituents is 1. The maximum absolute atomic E-state index is 11.1. The highest BCUT2D eigenvalue weighted by molar-refractivity contribution is 5.91. The molecule has 0 aliphatic carbocycles. The van der Waals surface area contributed by atoms with Crippen molar-refractivity contribution < 1.29 is 19.6 Å². The molecule has 0 fully saturated rings. The Kier molecular flexibility index (Phi) is 5.29. The highest BCUT2D eigenvalue weighted by atomic mass is 16.6. The Morgan fingerprint density at radius 2 is 2.05 bits per heavy atom. The van der Waals surface area contributed by atoms with E-state index in [2.05, 4.69) is 0 Å². The van der Waals surface area contributed by atoms with E-state index in [-0.39, 0.29) is 17.0 Å². The number of ether oxygens (including phenoxy) is 1. The molecule has 0 atom stereocenters. The molecule has 0 bridgehead atoms.